The summed E-state index contributed by atoms with van der Waals surface area (Å²) >= 11 is 17.1. The first-order valence-electron chi connectivity index (χ1n) is 9.20. The second-order valence-electron chi connectivity index (χ2n) is 6.88. The number of carbonyl (C=O) groups is 1. The van der Waals surface area contributed by atoms with E-state index in [9.17, 15) is 4.79 Å². The van der Waals surface area contributed by atoms with Gasteiger partial charge < -0.3 is 0 Å². The van der Waals surface area contributed by atoms with Crippen molar-refractivity contribution < 1.29 is 4.79 Å². The van der Waals surface area contributed by atoms with Gasteiger partial charge >= 0.3 is 0 Å². The number of nitrogens with zero attached hydrogens (tertiary/aromatic N) is 4. The van der Waals surface area contributed by atoms with Gasteiger partial charge in [0, 0.05) is 27.0 Å². The van der Waals surface area contributed by atoms with Crippen LogP contribution in [0.2, 0.25) is 10.0 Å². The summed E-state index contributed by atoms with van der Waals surface area (Å²) in [5.41, 5.74) is 3.66. The number of hydrogen-bond donors (Lipinski definition) is 1. The maximum atomic E-state index is 12.8. The number of thiazole rings is 1. The lowest BCUT2D eigenvalue weighted by Gasteiger charge is -2.07. The number of carbonyl (C=O) groups excluding carboxylic acids is 1. The number of amides is 1. The minimum absolute atomic E-state index is 0.232. The van der Waals surface area contributed by atoms with Gasteiger partial charge in [0.05, 0.1) is 16.4 Å². The third-order valence-electron chi connectivity index (χ3n) is 4.65. The van der Waals surface area contributed by atoms with E-state index in [0.717, 1.165) is 26.2 Å². The lowest BCUT2D eigenvalue weighted by molar-refractivity contribution is 0.102. The molecule has 0 saturated carbocycles. The van der Waals surface area contributed by atoms with Crippen molar-refractivity contribution in [2.24, 2.45) is 0 Å². The molecule has 0 radical (unpaired) electrons. The van der Waals surface area contributed by atoms with Gasteiger partial charge in [0.1, 0.15) is 0 Å². The summed E-state index contributed by atoms with van der Waals surface area (Å²) in [5.74, 6) is -0.365. The molecular formula is C21H16BrCl2N5OS. The van der Waals surface area contributed by atoms with E-state index in [2.05, 4.69) is 36.5 Å². The third kappa shape index (κ3) is 4.82. The van der Waals surface area contributed by atoms with E-state index in [1.807, 2.05) is 37.3 Å². The molecule has 4 rings (SSSR count). The Morgan fingerprint density at radius 1 is 1.19 bits per heavy atom. The fraction of sp³-hybridized carbons (Fsp3) is 0.143. The van der Waals surface area contributed by atoms with Crippen LogP contribution in [-0.2, 0) is 6.42 Å². The van der Waals surface area contributed by atoms with Crippen LogP contribution in [0.15, 0.2) is 47.1 Å². The highest BCUT2D eigenvalue weighted by Gasteiger charge is 2.19. The van der Waals surface area contributed by atoms with E-state index < -0.39 is 0 Å². The standard InChI is InChI=1S/C21H16BrCl2N5OS/c1-11-3-5-14(23)9-18(11)29-12(2)19(27-28-29)20(30)26-21-25-10-15(31-21)7-13-4-6-16(22)17(24)8-13/h3-6,8-10H,7H2,1-2H3,(H,25,26,30). The smallest absolute Gasteiger partial charge is 0.279 e. The zero-order chi connectivity index (χ0) is 22.1. The molecule has 2 aromatic heterocycles. The van der Waals surface area contributed by atoms with Gasteiger partial charge in [-0.3, -0.25) is 10.1 Å². The summed E-state index contributed by atoms with van der Waals surface area (Å²) in [6.07, 6.45) is 2.42. The summed E-state index contributed by atoms with van der Waals surface area (Å²) in [6.45, 7) is 3.74. The van der Waals surface area contributed by atoms with E-state index in [-0.39, 0.29) is 11.6 Å². The molecule has 2 aromatic carbocycles. The number of hydrogen-bond acceptors (Lipinski definition) is 5. The molecule has 1 N–H and O–H groups in total. The molecule has 31 heavy (non-hydrogen) atoms. The fourth-order valence-electron chi connectivity index (χ4n) is 3.03. The van der Waals surface area contributed by atoms with Crippen LogP contribution >= 0.6 is 50.5 Å². The number of benzene rings is 2. The van der Waals surface area contributed by atoms with Crippen molar-refractivity contribution in [3.05, 3.63) is 84.5 Å². The van der Waals surface area contributed by atoms with Crippen LogP contribution in [-0.4, -0.2) is 25.9 Å². The first-order valence-corrected chi connectivity index (χ1v) is 11.6. The topological polar surface area (TPSA) is 72.7 Å². The van der Waals surface area contributed by atoms with Gasteiger partial charge in [0.25, 0.3) is 5.91 Å². The van der Waals surface area contributed by atoms with Crippen molar-refractivity contribution >= 4 is 61.5 Å². The molecular weight excluding hydrogens is 521 g/mol. The molecule has 0 unspecified atom stereocenters. The Labute approximate surface area is 201 Å². The maximum absolute atomic E-state index is 12.8. The highest BCUT2D eigenvalue weighted by molar-refractivity contribution is 9.10. The van der Waals surface area contributed by atoms with Gasteiger partial charge in [-0.1, -0.05) is 40.5 Å². The average molecular weight is 537 g/mol. The summed E-state index contributed by atoms with van der Waals surface area (Å²) in [4.78, 5) is 18.1. The van der Waals surface area contributed by atoms with Crippen molar-refractivity contribution in [2.75, 3.05) is 5.32 Å². The van der Waals surface area contributed by atoms with E-state index in [4.69, 9.17) is 23.2 Å². The molecule has 2 heterocycles. The average Bonchev–Trinajstić information content (AvgIpc) is 3.33. The number of nitrogens with one attached hydrogen (secondary N) is 1. The Kier molecular flexibility index (Phi) is 6.43. The lowest BCUT2D eigenvalue weighted by atomic mass is 10.1. The van der Waals surface area contributed by atoms with Crippen LogP contribution in [0.1, 0.15) is 32.2 Å². The summed E-state index contributed by atoms with van der Waals surface area (Å²) in [7, 11) is 0. The molecule has 0 bridgehead atoms. The van der Waals surface area contributed by atoms with Crippen LogP contribution in [0.25, 0.3) is 5.69 Å². The molecule has 10 heteroatoms. The number of rotatable bonds is 5. The van der Waals surface area contributed by atoms with E-state index in [1.165, 1.54) is 11.3 Å². The van der Waals surface area contributed by atoms with Crippen LogP contribution < -0.4 is 5.32 Å². The van der Waals surface area contributed by atoms with Gasteiger partial charge in [-0.2, -0.15) is 0 Å². The molecule has 0 fully saturated rings. The van der Waals surface area contributed by atoms with Gasteiger partial charge in [-0.15, -0.1) is 16.4 Å². The van der Waals surface area contributed by atoms with Crippen molar-refractivity contribution in [3.8, 4) is 5.69 Å². The van der Waals surface area contributed by atoms with Gasteiger partial charge in [-0.05, 0) is 65.2 Å². The van der Waals surface area contributed by atoms with Crippen LogP contribution in [0.4, 0.5) is 5.13 Å². The summed E-state index contributed by atoms with van der Waals surface area (Å²) < 4.78 is 2.47. The second-order valence-corrected chi connectivity index (χ2v) is 9.69. The molecule has 1 amide bonds. The molecule has 0 aliphatic carbocycles. The van der Waals surface area contributed by atoms with E-state index in [1.54, 1.807) is 23.9 Å². The van der Waals surface area contributed by atoms with Gasteiger partial charge in [-0.25, -0.2) is 9.67 Å². The summed E-state index contributed by atoms with van der Waals surface area (Å²) in [5, 5.41) is 12.8. The van der Waals surface area contributed by atoms with Crippen LogP contribution in [0, 0.1) is 13.8 Å². The minimum Gasteiger partial charge on any atom is -0.296 e. The molecule has 158 valence electrons. The number of aryl methyl sites for hydroxylation is 1. The number of aromatic nitrogens is 4. The zero-order valence-corrected chi connectivity index (χ0v) is 20.4. The zero-order valence-electron chi connectivity index (χ0n) is 16.5. The van der Waals surface area contributed by atoms with Gasteiger partial charge in [0.15, 0.2) is 10.8 Å². The lowest BCUT2D eigenvalue weighted by Crippen LogP contribution is -2.14. The van der Waals surface area contributed by atoms with E-state index in [0.29, 0.717) is 27.3 Å². The molecule has 0 spiro atoms. The minimum atomic E-state index is -0.365. The van der Waals surface area contributed by atoms with Gasteiger partial charge in [0.2, 0.25) is 0 Å². The second kappa shape index (κ2) is 9.08. The molecule has 0 aliphatic heterocycles. The largest absolute Gasteiger partial charge is 0.296 e. The molecule has 4 aromatic rings. The van der Waals surface area contributed by atoms with Crippen molar-refractivity contribution in [1.82, 2.24) is 20.0 Å². The highest BCUT2D eigenvalue weighted by atomic mass is 79.9. The predicted molar refractivity (Wildman–Crippen MR) is 128 cm³/mol. The fourth-order valence-corrected chi connectivity index (χ4v) is 4.49. The summed E-state index contributed by atoms with van der Waals surface area (Å²) in [6, 6.07) is 11.3. The Balaban J connectivity index is 1.50. The predicted octanol–water partition coefficient (Wildman–Crippen LogP) is 6.25. The Morgan fingerprint density at radius 2 is 2.00 bits per heavy atom. The normalized spacial score (nSPS) is 11.0. The number of anilines is 1. The molecule has 0 aliphatic rings. The van der Waals surface area contributed by atoms with E-state index >= 15 is 0 Å². The van der Waals surface area contributed by atoms with Crippen LogP contribution in [0.5, 0.6) is 0 Å². The van der Waals surface area contributed by atoms with Crippen molar-refractivity contribution in [2.45, 2.75) is 20.3 Å². The first kappa shape index (κ1) is 22.0. The third-order valence-corrected chi connectivity index (χ3v) is 7.03. The Bertz CT molecular complexity index is 1290. The van der Waals surface area contributed by atoms with Crippen molar-refractivity contribution in [3.63, 3.8) is 0 Å². The molecule has 6 nitrogen and oxygen atoms in total. The monoisotopic (exact) mass is 535 g/mol. The Morgan fingerprint density at radius 3 is 2.77 bits per heavy atom. The Hall–Kier alpha value is -2.26. The molecule has 0 atom stereocenters. The quantitative estimate of drug-likeness (QED) is 0.327. The van der Waals surface area contributed by atoms with Crippen LogP contribution in [0.3, 0.4) is 0 Å². The van der Waals surface area contributed by atoms with Crippen molar-refractivity contribution in [1.29, 1.82) is 0 Å². The SMILES string of the molecule is Cc1ccc(Cl)cc1-n1nnc(C(=O)Nc2ncc(Cc3ccc(Br)c(Cl)c3)s2)c1C. The first-order chi connectivity index (χ1) is 14.8. The maximum Gasteiger partial charge on any atom is 0.279 e. The number of halogens is 3. The highest BCUT2D eigenvalue weighted by Crippen LogP contribution is 2.27. The molecule has 0 saturated heterocycles.